The average molecular weight is 332 g/mol. The number of alkyl halides is 3. The van der Waals surface area contributed by atoms with Gasteiger partial charge >= 0.3 is 6.36 Å². The Bertz CT molecular complexity index is 631. The van der Waals surface area contributed by atoms with E-state index in [0.717, 1.165) is 12.1 Å². The molecule has 0 saturated carbocycles. The van der Waals surface area contributed by atoms with Crippen molar-refractivity contribution in [3.63, 3.8) is 0 Å². The van der Waals surface area contributed by atoms with Gasteiger partial charge in [0.25, 0.3) is 0 Å². The summed E-state index contributed by atoms with van der Waals surface area (Å²) >= 11 is 5.77. The third-order valence-electron chi connectivity index (χ3n) is 3.03. The number of aliphatic hydroxyl groups excluding tert-OH is 1. The highest BCUT2D eigenvalue weighted by molar-refractivity contribution is 6.30. The zero-order chi connectivity index (χ0) is 16.3. The lowest BCUT2D eigenvalue weighted by Gasteiger charge is -2.20. The van der Waals surface area contributed by atoms with Crippen molar-refractivity contribution in [1.82, 2.24) is 0 Å². The van der Waals surface area contributed by atoms with Gasteiger partial charge in [0.1, 0.15) is 5.75 Å². The lowest BCUT2D eigenvalue weighted by molar-refractivity contribution is -0.274. The van der Waals surface area contributed by atoms with Gasteiger partial charge in [-0.2, -0.15) is 0 Å². The largest absolute Gasteiger partial charge is 0.573 e. The van der Waals surface area contributed by atoms with Crippen LogP contribution in [0, 0.1) is 0 Å². The standard InChI is InChI=1S/C15H13ClF3NO2/c16-11-6-4-9(5-7-11)13(20)14(21)10-2-1-3-12(8-10)22-15(17,18)19/h1-8,13-14,21H,20H2/t13-,14?/m1/s1. The first kappa shape index (κ1) is 16.6. The summed E-state index contributed by atoms with van der Waals surface area (Å²) in [5, 5.41) is 10.8. The van der Waals surface area contributed by atoms with Crippen molar-refractivity contribution in [3.05, 3.63) is 64.7 Å². The fourth-order valence-corrected chi connectivity index (χ4v) is 2.10. The van der Waals surface area contributed by atoms with E-state index in [9.17, 15) is 18.3 Å². The molecule has 2 atom stereocenters. The minimum Gasteiger partial charge on any atom is -0.406 e. The van der Waals surface area contributed by atoms with Crippen LogP contribution in [0.2, 0.25) is 5.02 Å². The summed E-state index contributed by atoms with van der Waals surface area (Å²) in [6.45, 7) is 0. The van der Waals surface area contributed by atoms with E-state index in [1.54, 1.807) is 24.3 Å². The molecule has 0 radical (unpaired) electrons. The van der Waals surface area contributed by atoms with E-state index in [1.165, 1.54) is 12.1 Å². The van der Waals surface area contributed by atoms with Gasteiger partial charge in [0.2, 0.25) is 0 Å². The first-order chi connectivity index (χ1) is 10.3. The third-order valence-corrected chi connectivity index (χ3v) is 3.28. The van der Waals surface area contributed by atoms with E-state index in [4.69, 9.17) is 17.3 Å². The first-order valence-electron chi connectivity index (χ1n) is 6.31. The van der Waals surface area contributed by atoms with E-state index in [1.807, 2.05) is 0 Å². The number of halogens is 4. The maximum atomic E-state index is 12.2. The van der Waals surface area contributed by atoms with Crippen molar-refractivity contribution in [3.8, 4) is 5.75 Å². The Hall–Kier alpha value is -1.76. The molecular weight excluding hydrogens is 319 g/mol. The number of aliphatic hydroxyl groups is 1. The monoisotopic (exact) mass is 331 g/mol. The quantitative estimate of drug-likeness (QED) is 0.891. The molecule has 0 aliphatic rings. The Morgan fingerprint density at radius 3 is 2.27 bits per heavy atom. The van der Waals surface area contributed by atoms with Gasteiger partial charge in [0, 0.05) is 5.02 Å². The van der Waals surface area contributed by atoms with Crippen LogP contribution < -0.4 is 10.5 Å². The number of hydrogen-bond donors (Lipinski definition) is 2. The van der Waals surface area contributed by atoms with Gasteiger partial charge in [-0.05, 0) is 35.4 Å². The van der Waals surface area contributed by atoms with Crippen LogP contribution in [-0.4, -0.2) is 11.5 Å². The molecule has 0 saturated heterocycles. The molecule has 3 N–H and O–H groups in total. The summed E-state index contributed by atoms with van der Waals surface area (Å²) < 4.78 is 40.5. The van der Waals surface area contributed by atoms with Gasteiger partial charge in [0.05, 0.1) is 12.1 Å². The van der Waals surface area contributed by atoms with Crippen LogP contribution in [0.25, 0.3) is 0 Å². The summed E-state index contributed by atoms with van der Waals surface area (Å²) in [5.74, 6) is -0.410. The highest BCUT2D eigenvalue weighted by Gasteiger charge is 2.31. The van der Waals surface area contributed by atoms with Gasteiger partial charge in [-0.3, -0.25) is 0 Å². The van der Waals surface area contributed by atoms with Gasteiger partial charge in [0.15, 0.2) is 0 Å². The Morgan fingerprint density at radius 2 is 1.68 bits per heavy atom. The Balaban J connectivity index is 2.19. The van der Waals surface area contributed by atoms with Crippen LogP contribution in [0.5, 0.6) is 5.75 Å². The minimum atomic E-state index is -4.79. The Kier molecular flexibility index (Phi) is 4.95. The minimum absolute atomic E-state index is 0.226. The Morgan fingerprint density at radius 1 is 1.05 bits per heavy atom. The van der Waals surface area contributed by atoms with Crippen LogP contribution in [0.3, 0.4) is 0 Å². The van der Waals surface area contributed by atoms with E-state index < -0.39 is 24.3 Å². The smallest absolute Gasteiger partial charge is 0.406 e. The molecule has 0 bridgehead atoms. The van der Waals surface area contributed by atoms with Gasteiger partial charge in [-0.15, -0.1) is 13.2 Å². The summed E-state index contributed by atoms with van der Waals surface area (Å²) in [4.78, 5) is 0. The number of benzene rings is 2. The van der Waals surface area contributed by atoms with Gasteiger partial charge < -0.3 is 15.6 Å². The lowest BCUT2D eigenvalue weighted by atomic mass is 9.96. The molecule has 1 unspecified atom stereocenters. The molecule has 0 aromatic heterocycles. The first-order valence-corrected chi connectivity index (χ1v) is 6.69. The van der Waals surface area contributed by atoms with Crippen molar-refractivity contribution in [1.29, 1.82) is 0 Å². The molecule has 2 rings (SSSR count). The van der Waals surface area contributed by atoms with Crippen LogP contribution in [0.1, 0.15) is 23.3 Å². The SMILES string of the molecule is N[C@H](c1ccc(Cl)cc1)C(O)c1cccc(OC(F)(F)F)c1. The molecule has 0 aliphatic heterocycles. The van der Waals surface area contributed by atoms with Gasteiger partial charge in [-0.25, -0.2) is 0 Å². The maximum absolute atomic E-state index is 12.2. The number of nitrogens with two attached hydrogens (primary N) is 1. The summed E-state index contributed by atoms with van der Waals surface area (Å²) in [6.07, 6.45) is -5.97. The molecular formula is C15H13ClF3NO2. The highest BCUT2D eigenvalue weighted by atomic mass is 35.5. The van der Waals surface area contributed by atoms with E-state index >= 15 is 0 Å². The molecule has 0 amide bonds. The van der Waals surface area contributed by atoms with Gasteiger partial charge in [-0.1, -0.05) is 35.9 Å². The lowest BCUT2D eigenvalue weighted by Crippen LogP contribution is -2.20. The predicted octanol–water partition coefficient (Wildman–Crippen LogP) is 3.97. The zero-order valence-electron chi connectivity index (χ0n) is 11.2. The second-order valence-electron chi connectivity index (χ2n) is 4.64. The van der Waals surface area contributed by atoms with Crippen molar-refractivity contribution in [2.45, 2.75) is 18.5 Å². The van der Waals surface area contributed by atoms with Crippen molar-refractivity contribution >= 4 is 11.6 Å². The van der Waals surface area contributed by atoms with Crippen LogP contribution >= 0.6 is 11.6 Å². The molecule has 22 heavy (non-hydrogen) atoms. The molecule has 118 valence electrons. The number of ether oxygens (including phenoxy) is 1. The maximum Gasteiger partial charge on any atom is 0.573 e. The molecule has 0 aliphatic carbocycles. The number of hydrogen-bond acceptors (Lipinski definition) is 3. The van der Waals surface area contributed by atoms with E-state index in [-0.39, 0.29) is 5.56 Å². The van der Waals surface area contributed by atoms with Crippen molar-refractivity contribution in [2.75, 3.05) is 0 Å². The fourth-order valence-electron chi connectivity index (χ4n) is 1.97. The second-order valence-corrected chi connectivity index (χ2v) is 5.08. The topological polar surface area (TPSA) is 55.5 Å². The van der Waals surface area contributed by atoms with Crippen molar-refractivity contribution in [2.24, 2.45) is 5.73 Å². The average Bonchev–Trinajstić information content (AvgIpc) is 2.45. The predicted molar refractivity (Wildman–Crippen MR) is 76.5 cm³/mol. The second kappa shape index (κ2) is 6.56. The summed E-state index contributed by atoms with van der Waals surface area (Å²) in [7, 11) is 0. The summed E-state index contributed by atoms with van der Waals surface area (Å²) in [5.41, 5.74) is 6.78. The van der Waals surface area contributed by atoms with Crippen LogP contribution in [0.4, 0.5) is 13.2 Å². The molecule has 7 heteroatoms. The molecule has 0 heterocycles. The van der Waals surface area contributed by atoms with E-state index in [2.05, 4.69) is 4.74 Å². The highest BCUT2D eigenvalue weighted by Crippen LogP contribution is 2.31. The van der Waals surface area contributed by atoms with E-state index in [0.29, 0.717) is 10.6 Å². The molecule has 0 fully saturated rings. The van der Waals surface area contributed by atoms with Crippen LogP contribution in [0.15, 0.2) is 48.5 Å². The Labute approximate surface area is 130 Å². The fraction of sp³-hybridized carbons (Fsp3) is 0.200. The van der Waals surface area contributed by atoms with Crippen LogP contribution in [-0.2, 0) is 0 Å². The normalized spacial score (nSPS) is 14.5. The van der Waals surface area contributed by atoms with Crippen molar-refractivity contribution < 1.29 is 23.0 Å². The molecule has 2 aromatic rings. The summed E-state index contributed by atoms with van der Waals surface area (Å²) in [6, 6.07) is 10.8. The third kappa shape index (κ3) is 4.37. The molecule has 3 nitrogen and oxygen atoms in total. The zero-order valence-corrected chi connectivity index (χ0v) is 12.0. The molecule has 0 spiro atoms. The number of rotatable bonds is 4. The molecule has 2 aromatic carbocycles.